The minimum Gasteiger partial charge on any atom is -0.396 e. The number of anilines is 1. The van der Waals surface area contributed by atoms with Crippen LogP contribution in [0.1, 0.15) is 6.42 Å². The maximum atomic E-state index is 8.99. The maximum Gasteiger partial charge on any atom is 0.124 e. The molecule has 1 unspecified atom stereocenters. The van der Waals surface area contributed by atoms with Gasteiger partial charge in [-0.3, -0.25) is 4.98 Å². The summed E-state index contributed by atoms with van der Waals surface area (Å²) in [5.74, 6) is 1.50. The highest BCUT2D eigenvalue weighted by molar-refractivity contribution is 5.62. The molecule has 0 amide bonds. The summed E-state index contributed by atoms with van der Waals surface area (Å²) in [7, 11) is 0. The van der Waals surface area contributed by atoms with Crippen molar-refractivity contribution in [3.63, 3.8) is 0 Å². The molecule has 0 bridgehead atoms. The fourth-order valence-corrected chi connectivity index (χ4v) is 2.30. The summed E-state index contributed by atoms with van der Waals surface area (Å²) in [4.78, 5) is 4.01. The molecule has 18 heavy (non-hydrogen) atoms. The summed E-state index contributed by atoms with van der Waals surface area (Å²) < 4.78 is 1.99. The van der Waals surface area contributed by atoms with Gasteiger partial charge in [-0.1, -0.05) is 0 Å². The summed E-state index contributed by atoms with van der Waals surface area (Å²) in [5, 5.41) is 16.9. The fourth-order valence-electron chi connectivity index (χ4n) is 2.30. The number of aromatic nitrogens is 3. The van der Waals surface area contributed by atoms with Gasteiger partial charge in [0.2, 0.25) is 0 Å². The Bertz CT molecular complexity index is 523. The molecule has 2 N–H and O–H groups in total. The SMILES string of the molecule is OCCC1CNc2cc(-c3ccncc3)nn2C1. The van der Waals surface area contributed by atoms with Crippen LogP contribution in [0.4, 0.5) is 5.82 Å². The van der Waals surface area contributed by atoms with Crippen LogP contribution in [-0.2, 0) is 6.54 Å². The lowest BCUT2D eigenvalue weighted by atomic mass is 10.1. The van der Waals surface area contributed by atoms with Crippen molar-refractivity contribution in [2.24, 2.45) is 5.92 Å². The van der Waals surface area contributed by atoms with E-state index < -0.39 is 0 Å². The van der Waals surface area contributed by atoms with Crippen LogP contribution < -0.4 is 5.32 Å². The Kier molecular flexibility index (Phi) is 2.98. The third-order valence-corrected chi connectivity index (χ3v) is 3.30. The van der Waals surface area contributed by atoms with Crippen LogP contribution in [0.15, 0.2) is 30.6 Å². The molecule has 5 nitrogen and oxygen atoms in total. The lowest BCUT2D eigenvalue weighted by molar-refractivity contribution is 0.244. The topological polar surface area (TPSA) is 63.0 Å². The number of nitrogens with one attached hydrogen (secondary N) is 1. The molecule has 1 aliphatic heterocycles. The fraction of sp³-hybridized carbons (Fsp3) is 0.385. The molecule has 1 aliphatic rings. The van der Waals surface area contributed by atoms with E-state index in [1.165, 1.54) is 0 Å². The maximum absolute atomic E-state index is 8.99. The second-order valence-electron chi connectivity index (χ2n) is 4.59. The zero-order valence-corrected chi connectivity index (χ0v) is 10.1. The van der Waals surface area contributed by atoms with Crippen LogP contribution in [0, 0.1) is 5.92 Å². The van der Waals surface area contributed by atoms with Gasteiger partial charge in [-0.05, 0) is 24.5 Å². The quantitative estimate of drug-likeness (QED) is 0.856. The first-order chi connectivity index (χ1) is 8.86. The molecule has 0 fully saturated rings. The number of hydrogen-bond donors (Lipinski definition) is 2. The van der Waals surface area contributed by atoms with Crippen LogP contribution in [-0.4, -0.2) is 33.0 Å². The third-order valence-electron chi connectivity index (χ3n) is 3.30. The summed E-state index contributed by atoms with van der Waals surface area (Å²) in [5.41, 5.74) is 2.04. The van der Waals surface area contributed by atoms with Gasteiger partial charge < -0.3 is 10.4 Å². The molecule has 0 aliphatic carbocycles. The number of hydrogen-bond acceptors (Lipinski definition) is 4. The lowest BCUT2D eigenvalue weighted by Crippen LogP contribution is -2.28. The van der Waals surface area contributed by atoms with Gasteiger partial charge in [0.05, 0.1) is 5.69 Å². The molecule has 0 saturated heterocycles. The number of nitrogens with zero attached hydrogens (tertiary/aromatic N) is 3. The van der Waals surface area contributed by atoms with Gasteiger partial charge >= 0.3 is 0 Å². The Morgan fingerprint density at radius 3 is 3.00 bits per heavy atom. The molecular weight excluding hydrogens is 228 g/mol. The molecule has 0 radical (unpaired) electrons. The Hall–Kier alpha value is -1.88. The second-order valence-corrected chi connectivity index (χ2v) is 4.59. The van der Waals surface area contributed by atoms with Crippen molar-refractivity contribution in [1.82, 2.24) is 14.8 Å². The van der Waals surface area contributed by atoms with Crippen molar-refractivity contribution >= 4 is 5.82 Å². The van der Waals surface area contributed by atoms with E-state index in [-0.39, 0.29) is 6.61 Å². The van der Waals surface area contributed by atoms with Crippen molar-refractivity contribution in [2.75, 3.05) is 18.5 Å². The smallest absolute Gasteiger partial charge is 0.124 e. The Morgan fingerprint density at radius 1 is 1.39 bits per heavy atom. The van der Waals surface area contributed by atoms with Gasteiger partial charge in [0.25, 0.3) is 0 Å². The summed E-state index contributed by atoms with van der Waals surface area (Å²) in [6, 6.07) is 5.98. The predicted octanol–water partition coefficient (Wildman–Crippen LogP) is 1.37. The minimum atomic E-state index is 0.236. The van der Waals surface area contributed by atoms with Gasteiger partial charge in [0.1, 0.15) is 5.82 Å². The number of aliphatic hydroxyl groups excluding tert-OH is 1. The average Bonchev–Trinajstić information content (AvgIpc) is 2.83. The molecule has 2 aromatic rings. The Balaban J connectivity index is 1.85. The predicted molar refractivity (Wildman–Crippen MR) is 69.1 cm³/mol. The number of rotatable bonds is 3. The molecule has 3 heterocycles. The average molecular weight is 244 g/mol. The first-order valence-corrected chi connectivity index (χ1v) is 6.20. The van der Waals surface area contributed by atoms with Crippen molar-refractivity contribution < 1.29 is 5.11 Å². The zero-order chi connectivity index (χ0) is 12.4. The van der Waals surface area contributed by atoms with Crippen LogP contribution >= 0.6 is 0 Å². The van der Waals surface area contributed by atoms with E-state index in [1.807, 2.05) is 16.8 Å². The van der Waals surface area contributed by atoms with Crippen LogP contribution in [0.3, 0.4) is 0 Å². The van der Waals surface area contributed by atoms with Gasteiger partial charge in [0.15, 0.2) is 0 Å². The highest BCUT2D eigenvalue weighted by Gasteiger charge is 2.19. The number of pyridine rings is 1. The van der Waals surface area contributed by atoms with Crippen molar-refractivity contribution in [3.8, 4) is 11.3 Å². The Labute approximate surface area is 105 Å². The van der Waals surface area contributed by atoms with Crippen LogP contribution in [0.5, 0.6) is 0 Å². The van der Waals surface area contributed by atoms with E-state index in [4.69, 9.17) is 5.11 Å². The van der Waals surface area contributed by atoms with E-state index in [1.54, 1.807) is 12.4 Å². The van der Waals surface area contributed by atoms with Gasteiger partial charge in [0, 0.05) is 43.7 Å². The third kappa shape index (κ3) is 2.09. The molecule has 1 atom stereocenters. The normalized spacial score (nSPS) is 18.2. The first kappa shape index (κ1) is 11.2. The van der Waals surface area contributed by atoms with Crippen molar-refractivity contribution in [2.45, 2.75) is 13.0 Å². The van der Waals surface area contributed by atoms with E-state index in [0.29, 0.717) is 5.92 Å². The van der Waals surface area contributed by atoms with E-state index in [0.717, 1.165) is 36.6 Å². The number of aliphatic hydroxyl groups is 1. The number of fused-ring (bicyclic) bond motifs is 1. The molecule has 0 saturated carbocycles. The summed E-state index contributed by atoms with van der Waals surface area (Å²) in [6.07, 6.45) is 4.36. The van der Waals surface area contributed by atoms with E-state index >= 15 is 0 Å². The highest BCUT2D eigenvalue weighted by Crippen LogP contribution is 2.25. The summed E-state index contributed by atoms with van der Waals surface area (Å²) in [6.45, 7) is 2.01. The standard InChI is InChI=1S/C13H16N4O/c18-6-3-10-8-15-13-7-12(16-17(13)9-10)11-1-4-14-5-2-11/h1-2,4-5,7,10,15,18H,3,6,8-9H2. The first-order valence-electron chi connectivity index (χ1n) is 6.20. The summed E-state index contributed by atoms with van der Waals surface area (Å²) >= 11 is 0. The molecule has 94 valence electrons. The van der Waals surface area contributed by atoms with Gasteiger partial charge in [-0.25, -0.2) is 4.68 Å². The van der Waals surface area contributed by atoms with Gasteiger partial charge in [-0.15, -0.1) is 0 Å². The molecule has 5 heteroatoms. The van der Waals surface area contributed by atoms with Gasteiger partial charge in [-0.2, -0.15) is 5.10 Å². The monoisotopic (exact) mass is 244 g/mol. The highest BCUT2D eigenvalue weighted by atomic mass is 16.3. The molecule has 0 aromatic carbocycles. The molecular formula is C13H16N4O. The Morgan fingerprint density at radius 2 is 2.22 bits per heavy atom. The van der Waals surface area contributed by atoms with E-state index in [2.05, 4.69) is 21.5 Å². The molecule has 2 aromatic heterocycles. The van der Waals surface area contributed by atoms with Crippen molar-refractivity contribution in [1.29, 1.82) is 0 Å². The van der Waals surface area contributed by atoms with Crippen molar-refractivity contribution in [3.05, 3.63) is 30.6 Å². The van der Waals surface area contributed by atoms with Crippen LogP contribution in [0.25, 0.3) is 11.3 Å². The zero-order valence-electron chi connectivity index (χ0n) is 10.1. The lowest BCUT2D eigenvalue weighted by Gasteiger charge is -2.23. The molecule has 0 spiro atoms. The second kappa shape index (κ2) is 4.78. The minimum absolute atomic E-state index is 0.236. The largest absolute Gasteiger partial charge is 0.396 e. The van der Waals surface area contributed by atoms with Crippen LogP contribution in [0.2, 0.25) is 0 Å². The van der Waals surface area contributed by atoms with E-state index in [9.17, 15) is 0 Å². The molecule has 3 rings (SSSR count).